The second-order valence-corrected chi connectivity index (χ2v) is 3.56. The molecule has 1 aromatic carbocycles. The molecule has 0 saturated heterocycles. The fraction of sp³-hybridized carbons (Fsp3) is 0.182. The quantitative estimate of drug-likeness (QED) is 0.436. The molecule has 2 amide bonds. The van der Waals surface area contributed by atoms with E-state index in [1.54, 1.807) is 0 Å². The van der Waals surface area contributed by atoms with Crippen LogP contribution in [-0.4, -0.2) is 46.2 Å². The number of rotatable bonds is 5. The van der Waals surface area contributed by atoms with Crippen LogP contribution in [0.4, 0.5) is 0 Å². The van der Waals surface area contributed by atoms with Gasteiger partial charge < -0.3 is 26.0 Å². The van der Waals surface area contributed by atoms with Crippen molar-refractivity contribution >= 4 is 17.8 Å². The van der Waals surface area contributed by atoms with Crippen LogP contribution in [0.25, 0.3) is 0 Å². The largest absolute Gasteiger partial charge is 0.504 e. The molecule has 0 bridgehead atoms. The third-order valence-corrected chi connectivity index (χ3v) is 2.08. The van der Waals surface area contributed by atoms with Gasteiger partial charge in [0.2, 0.25) is 5.91 Å². The van der Waals surface area contributed by atoms with Crippen molar-refractivity contribution in [1.82, 2.24) is 10.6 Å². The molecule has 19 heavy (non-hydrogen) atoms. The molecule has 0 unspecified atom stereocenters. The smallest absolute Gasteiger partial charge is 0.322 e. The summed E-state index contributed by atoms with van der Waals surface area (Å²) < 4.78 is 0. The van der Waals surface area contributed by atoms with Gasteiger partial charge in [-0.25, -0.2) is 0 Å². The number of benzene rings is 1. The number of carboxylic acid groups (broad SMARTS) is 1. The van der Waals surface area contributed by atoms with Crippen molar-refractivity contribution in [2.45, 2.75) is 0 Å². The zero-order valence-electron chi connectivity index (χ0n) is 9.71. The monoisotopic (exact) mass is 268 g/mol. The van der Waals surface area contributed by atoms with E-state index in [-0.39, 0.29) is 11.3 Å². The predicted molar refractivity (Wildman–Crippen MR) is 62.8 cm³/mol. The molecule has 1 rings (SSSR count). The number of phenolic OH excluding ortho intramolecular Hbond substituents is 2. The van der Waals surface area contributed by atoms with Crippen LogP contribution in [0.15, 0.2) is 18.2 Å². The number of aromatic hydroxyl groups is 2. The molecule has 8 nitrogen and oxygen atoms in total. The lowest BCUT2D eigenvalue weighted by Gasteiger charge is -2.06. The van der Waals surface area contributed by atoms with E-state index in [4.69, 9.17) is 10.2 Å². The number of hydrogen-bond acceptors (Lipinski definition) is 5. The minimum absolute atomic E-state index is 0.0568. The Labute approximate surface area is 107 Å². The van der Waals surface area contributed by atoms with Gasteiger partial charge in [0.1, 0.15) is 6.54 Å². The van der Waals surface area contributed by atoms with Gasteiger partial charge in [-0.2, -0.15) is 0 Å². The Bertz CT molecular complexity index is 514. The maximum atomic E-state index is 11.6. The Morgan fingerprint density at radius 1 is 1.00 bits per heavy atom. The van der Waals surface area contributed by atoms with Gasteiger partial charge in [-0.3, -0.25) is 14.4 Å². The Morgan fingerprint density at radius 2 is 1.68 bits per heavy atom. The molecule has 0 heterocycles. The fourth-order valence-corrected chi connectivity index (χ4v) is 1.16. The van der Waals surface area contributed by atoms with Gasteiger partial charge >= 0.3 is 5.97 Å². The first-order valence-corrected chi connectivity index (χ1v) is 5.19. The molecule has 1 aromatic rings. The first-order valence-electron chi connectivity index (χ1n) is 5.19. The minimum Gasteiger partial charge on any atom is -0.504 e. The third-order valence-electron chi connectivity index (χ3n) is 2.08. The number of phenols is 2. The standard InChI is InChI=1S/C11H12N2O6/c14-7-2-1-6(3-8(7)15)11(19)13-4-9(16)12-5-10(17)18/h1-3,14-15H,4-5H2,(H,12,16)(H,13,19)(H,17,18). The van der Waals surface area contributed by atoms with E-state index in [1.165, 1.54) is 6.07 Å². The van der Waals surface area contributed by atoms with Gasteiger partial charge in [-0.15, -0.1) is 0 Å². The summed E-state index contributed by atoms with van der Waals surface area (Å²) in [4.78, 5) is 32.9. The number of nitrogens with one attached hydrogen (secondary N) is 2. The van der Waals surface area contributed by atoms with Crippen LogP contribution in [0.1, 0.15) is 10.4 Å². The predicted octanol–water partition coefficient (Wildman–Crippen LogP) is -0.972. The maximum absolute atomic E-state index is 11.6. The Balaban J connectivity index is 2.49. The van der Waals surface area contributed by atoms with E-state index < -0.39 is 36.6 Å². The van der Waals surface area contributed by atoms with Crippen molar-refractivity contribution in [1.29, 1.82) is 0 Å². The summed E-state index contributed by atoms with van der Waals surface area (Å²) in [5.41, 5.74) is 0.0568. The number of carboxylic acids is 1. The molecule has 0 radical (unpaired) electrons. The highest BCUT2D eigenvalue weighted by molar-refractivity contribution is 5.97. The molecular weight excluding hydrogens is 256 g/mol. The molecule has 5 N–H and O–H groups in total. The van der Waals surface area contributed by atoms with Crippen LogP contribution in [0.5, 0.6) is 11.5 Å². The van der Waals surface area contributed by atoms with Crippen LogP contribution < -0.4 is 10.6 Å². The van der Waals surface area contributed by atoms with E-state index in [1.807, 2.05) is 0 Å². The van der Waals surface area contributed by atoms with Crippen LogP contribution in [-0.2, 0) is 9.59 Å². The summed E-state index contributed by atoms with van der Waals surface area (Å²) in [6, 6.07) is 3.44. The number of aliphatic carboxylic acids is 1. The van der Waals surface area contributed by atoms with Crippen molar-refractivity contribution in [2.75, 3.05) is 13.1 Å². The number of carbonyl (C=O) groups excluding carboxylic acids is 2. The second-order valence-electron chi connectivity index (χ2n) is 3.56. The average Bonchev–Trinajstić information content (AvgIpc) is 2.36. The second kappa shape index (κ2) is 6.24. The van der Waals surface area contributed by atoms with Gasteiger partial charge in [0.25, 0.3) is 5.91 Å². The summed E-state index contributed by atoms with van der Waals surface area (Å²) in [7, 11) is 0. The van der Waals surface area contributed by atoms with Crippen LogP contribution in [0, 0.1) is 0 Å². The molecular formula is C11H12N2O6. The van der Waals surface area contributed by atoms with Gasteiger partial charge in [-0.1, -0.05) is 0 Å². The highest BCUT2D eigenvalue weighted by atomic mass is 16.4. The first-order chi connectivity index (χ1) is 8.90. The van der Waals surface area contributed by atoms with Crippen molar-refractivity contribution < 1.29 is 29.7 Å². The van der Waals surface area contributed by atoms with Crippen molar-refractivity contribution in [3.8, 4) is 11.5 Å². The van der Waals surface area contributed by atoms with E-state index in [9.17, 15) is 19.5 Å². The molecule has 8 heteroatoms. The van der Waals surface area contributed by atoms with Crippen molar-refractivity contribution in [3.63, 3.8) is 0 Å². The molecule has 0 aliphatic heterocycles. The summed E-state index contributed by atoms with van der Waals surface area (Å²) in [5.74, 6) is -3.30. The zero-order chi connectivity index (χ0) is 14.4. The van der Waals surface area contributed by atoms with Crippen LogP contribution in [0.2, 0.25) is 0 Å². The topological polar surface area (TPSA) is 136 Å². The summed E-state index contributed by atoms with van der Waals surface area (Å²) in [5, 5.41) is 30.9. The normalized spacial score (nSPS) is 9.68. The highest BCUT2D eigenvalue weighted by Gasteiger charge is 2.10. The van der Waals surface area contributed by atoms with E-state index in [2.05, 4.69) is 10.6 Å². The number of amides is 2. The average molecular weight is 268 g/mol. The van der Waals surface area contributed by atoms with Gasteiger partial charge in [0.05, 0.1) is 6.54 Å². The van der Waals surface area contributed by atoms with Crippen molar-refractivity contribution in [3.05, 3.63) is 23.8 Å². The summed E-state index contributed by atoms with van der Waals surface area (Å²) in [6.07, 6.45) is 0. The number of hydrogen-bond donors (Lipinski definition) is 5. The number of carbonyl (C=O) groups is 3. The lowest BCUT2D eigenvalue weighted by atomic mass is 10.2. The Kier molecular flexibility index (Phi) is 4.69. The first kappa shape index (κ1) is 14.3. The minimum atomic E-state index is -1.19. The fourth-order valence-electron chi connectivity index (χ4n) is 1.16. The molecule has 0 aliphatic rings. The zero-order valence-corrected chi connectivity index (χ0v) is 9.71. The van der Waals surface area contributed by atoms with E-state index in [0.717, 1.165) is 12.1 Å². The molecule has 0 saturated carbocycles. The lowest BCUT2D eigenvalue weighted by Crippen LogP contribution is -2.38. The van der Waals surface area contributed by atoms with Crippen LogP contribution in [0.3, 0.4) is 0 Å². The molecule has 0 fully saturated rings. The van der Waals surface area contributed by atoms with Gasteiger partial charge in [0.15, 0.2) is 11.5 Å². The molecule has 0 aliphatic carbocycles. The summed E-state index contributed by atoms with van der Waals surface area (Å²) in [6.45, 7) is -0.928. The van der Waals surface area contributed by atoms with Gasteiger partial charge in [-0.05, 0) is 18.2 Å². The Morgan fingerprint density at radius 3 is 2.26 bits per heavy atom. The lowest BCUT2D eigenvalue weighted by molar-refractivity contribution is -0.137. The van der Waals surface area contributed by atoms with Gasteiger partial charge in [0, 0.05) is 5.56 Å². The SMILES string of the molecule is O=C(O)CNC(=O)CNC(=O)c1ccc(O)c(O)c1. The molecule has 0 spiro atoms. The van der Waals surface area contributed by atoms with Crippen molar-refractivity contribution in [2.24, 2.45) is 0 Å². The molecule has 0 atom stereocenters. The van der Waals surface area contributed by atoms with E-state index >= 15 is 0 Å². The molecule has 102 valence electrons. The summed E-state index contributed by atoms with van der Waals surface area (Å²) >= 11 is 0. The third kappa shape index (κ3) is 4.54. The van der Waals surface area contributed by atoms with E-state index in [0.29, 0.717) is 0 Å². The van der Waals surface area contributed by atoms with Crippen LogP contribution >= 0.6 is 0 Å². The maximum Gasteiger partial charge on any atom is 0.322 e. The highest BCUT2D eigenvalue weighted by Crippen LogP contribution is 2.24. The Hall–Kier alpha value is -2.77. The molecule has 0 aromatic heterocycles.